The Kier molecular flexibility index (Phi) is 6.79. The predicted molar refractivity (Wildman–Crippen MR) is 110 cm³/mol. The van der Waals surface area contributed by atoms with Crippen molar-refractivity contribution >= 4 is 27.7 Å². The average Bonchev–Trinajstić information content (AvgIpc) is 3.08. The van der Waals surface area contributed by atoms with Gasteiger partial charge >= 0.3 is 0 Å². The van der Waals surface area contributed by atoms with Gasteiger partial charge in [-0.25, -0.2) is 13.4 Å². The molecular formula is C19H26N4O3S2. The lowest BCUT2D eigenvalue weighted by atomic mass is 10.1. The molecule has 28 heavy (non-hydrogen) atoms. The predicted octanol–water partition coefficient (Wildman–Crippen LogP) is 2.38. The summed E-state index contributed by atoms with van der Waals surface area (Å²) in [5.74, 6) is 0.0325. The summed E-state index contributed by atoms with van der Waals surface area (Å²) in [5, 5.41) is 0.609. The van der Waals surface area contributed by atoms with Gasteiger partial charge in [-0.15, -0.1) is 11.8 Å². The molecule has 0 bridgehead atoms. The third kappa shape index (κ3) is 5.15. The Morgan fingerprint density at radius 3 is 2.57 bits per heavy atom. The van der Waals surface area contributed by atoms with Gasteiger partial charge in [-0.1, -0.05) is 26.0 Å². The summed E-state index contributed by atoms with van der Waals surface area (Å²) in [6.07, 6.45) is 3.61. The maximum Gasteiger partial charge on any atom is 0.260 e. The number of rotatable bonds is 6. The fraction of sp³-hybridized carbons (Fsp3) is 0.474. The highest BCUT2D eigenvalue weighted by Crippen LogP contribution is 2.23. The van der Waals surface area contributed by atoms with E-state index in [4.69, 9.17) is 0 Å². The normalized spacial score (nSPS) is 16.3. The highest BCUT2D eigenvalue weighted by atomic mass is 32.2. The number of imidazole rings is 1. The topological polar surface area (TPSA) is 86.4 Å². The molecule has 1 N–H and O–H groups in total. The Bertz CT molecular complexity index is 880. The van der Waals surface area contributed by atoms with Crippen LogP contribution in [-0.2, 0) is 21.2 Å². The second-order valence-electron chi connectivity index (χ2n) is 7.04. The van der Waals surface area contributed by atoms with Crippen molar-refractivity contribution in [1.82, 2.24) is 19.2 Å². The zero-order chi connectivity index (χ0) is 20.1. The summed E-state index contributed by atoms with van der Waals surface area (Å²) in [5.41, 5.74) is 0.976. The van der Waals surface area contributed by atoms with Crippen molar-refractivity contribution in [1.29, 1.82) is 0 Å². The molecule has 9 heteroatoms. The molecule has 0 spiro atoms. The molecule has 2 aromatic rings. The zero-order valence-corrected chi connectivity index (χ0v) is 17.8. The smallest absolute Gasteiger partial charge is 0.260 e. The number of H-pyrrole nitrogens is 1. The molecule has 7 nitrogen and oxygen atoms in total. The number of carbonyl (C=O) groups is 1. The number of sulfonamides is 1. The summed E-state index contributed by atoms with van der Waals surface area (Å²) >= 11 is 1.79. The van der Waals surface area contributed by atoms with E-state index in [1.165, 1.54) is 21.7 Å². The summed E-state index contributed by atoms with van der Waals surface area (Å²) < 4.78 is 26.7. The van der Waals surface area contributed by atoms with Gasteiger partial charge in [0.15, 0.2) is 5.03 Å². The van der Waals surface area contributed by atoms with Crippen LogP contribution in [0.1, 0.15) is 25.8 Å². The fourth-order valence-electron chi connectivity index (χ4n) is 3.15. The molecular weight excluding hydrogens is 396 g/mol. The molecule has 1 aromatic carbocycles. The number of carbonyl (C=O) groups excluding carboxylic acids is 1. The Hall–Kier alpha value is -1.84. The van der Waals surface area contributed by atoms with Gasteiger partial charge in [0.05, 0.1) is 18.9 Å². The van der Waals surface area contributed by atoms with Crippen LogP contribution < -0.4 is 0 Å². The molecule has 1 fully saturated rings. The van der Waals surface area contributed by atoms with Crippen LogP contribution >= 0.6 is 11.8 Å². The number of hydrogen-bond donors (Lipinski definition) is 1. The minimum Gasteiger partial charge on any atom is -0.341 e. The first-order chi connectivity index (χ1) is 13.4. The molecule has 0 radical (unpaired) electrons. The quantitative estimate of drug-likeness (QED) is 0.723. The van der Waals surface area contributed by atoms with Gasteiger partial charge < -0.3 is 9.88 Å². The van der Waals surface area contributed by atoms with Crippen LogP contribution in [0.2, 0.25) is 0 Å². The minimum atomic E-state index is -3.59. The SMILES string of the molecule is CC(C)Sc1ccc(CC(=O)N2CCCN(S(=O)(=O)c3cnc[nH]3)CC2)cc1. The van der Waals surface area contributed by atoms with E-state index in [1.54, 1.807) is 16.7 Å². The van der Waals surface area contributed by atoms with Crippen molar-refractivity contribution in [3.8, 4) is 0 Å². The Morgan fingerprint density at radius 2 is 1.93 bits per heavy atom. The molecule has 0 unspecified atom stereocenters. The lowest BCUT2D eigenvalue weighted by molar-refractivity contribution is -0.130. The van der Waals surface area contributed by atoms with Crippen molar-refractivity contribution in [3.05, 3.63) is 42.4 Å². The van der Waals surface area contributed by atoms with Crippen molar-refractivity contribution in [3.63, 3.8) is 0 Å². The van der Waals surface area contributed by atoms with E-state index in [1.807, 2.05) is 12.1 Å². The molecule has 152 valence electrons. The van der Waals surface area contributed by atoms with Gasteiger partial charge in [-0.2, -0.15) is 4.31 Å². The van der Waals surface area contributed by atoms with E-state index in [-0.39, 0.29) is 17.5 Å². The van der Waals surface area contributed by atoms with Crippen molar-refractivity contribution in [2.45, 2.75) is 41.9 Å². The van der Waals surface area contributed by atoms with Gasteiger partial charge in [0.25, 0.3) is 10.0 Å². The summed E-state index contributed by atoms with van der Waals surface area (Å²) in [7, 11) is -3.59. The Balaban J connectivity index is 1.58. The van der Waals surface area contributed by atoms with E-state index in [0.29, 0.717) is 37.7 Å². The van der Waals surface area contributed by atoms with Gasteiger partial charge in [0, 0.05) is 36.3 Å². The first kappa shape index (κ1) is 20.9. The second-order valence-corrected chi connectivity index (χ2v) is 10.6. The van der Waals surface area contributed by atoms with E-state index in [2.05, 4.69) is 35.9 Å². The highest BCUT2D eigenvalue weighted by Gasteiger charge is 2.29. The molecule has 3 rings (SSSR count). The van der Waals surface area contributed by atoms with Gasteiger partial charge in [0.1, 0.15) is 0 Å². The summed E-state index contributed by atoms with van der Waals surface area (Å²) in [4.78, 5) is 22.1. The van der Waals surface area contributed by atoms with Gasteiger partial charge in [-0.3, -0.25) is 4.79 Å². The number of nitrogens with zero attached hydrogens (tertiary/aromatic N) is 3. The fourth-order valence-corrected chi connectivity index (χ4v) is 5.35. The molecule has 0 aliphatic carbocycles. The third-order valence-electron chi connectivity index (χ3n) is 4.55. The van der Waals surface area contributed by atoms with Crippen LogP contribution in [0.15, 0.2) is 46.7 Å². The highest BCUT2D eigenvalue weighted by molar-refractivity contribution is 7.99. The third-order valence-corrected chi connectivity index (χ3v) is 7.39. The second kappa shape index (κ2) is 9.11. The number of hydrogen-bond acceptors (Lipinski definition) is 5. The van der Waals surface area contributed by atoms with Crippen LogP contribution in [0.4, 0.5) is 0 Å². The monoisotopic (exact) mass is 422 g/mol. The van der Waals surface area contributed by atoms with E-state index < -0.39 is 10.0 Å². The first-order valence-corrected chi connectivity index (χ1v) is 11.7. The van der Waals surface area contributed by atoms with Crippen LogP contribution in [0.5, 0.6) is 0 Å². The molecule has 1 aliphatic heterocycles. The average molecular weight is 423 g/mol. The van der Waals surface area contributed by atoms with Crippen LogP contribution in [0.25, 0.3) is 0 Å². The van der Waals surface area contributed by atoms with Crippen LogP contribution in [0.3, 0.4) is 0 Å². The Labute approximate surface area is 170 Å². The molecule has 1 aliphatic rings. The summed E-state index contributed by atoms with van der Waals surface area (Å²) in [6.45, 7) is 5.94. The lowest BCUT2D eigenvalue weighted by Gasteiger charge is -2.21. The van der Waals surface area contributed by atoms with Crippen molar-refractivity contribution < 1.29 is 13.2 Å². The van der Waals surface area contributed by atoms with Crippen molar-refractivity contribution in [2.75, 3.05) is 26.2 Å². The number of nitrogens with one attached hydrogen (secondary N) is 1. The minimum absolute atomic E-state index is 0.0325. The number of amides is 1. The van der Waals surface area contributed by atoms with Crippen LogP contribution in [0, 0.1) is 0 Å². The maximum atomic E-state index is 12.7. The lowest BCUT2D eigenvalue weighted by Crippen LogP contribution is -2.38. The van der Waals surface area contributed by atoms with Gasteiger partial charge in [-0.05, 0) is 24.1 Å². The van der Waals surface area contributed by atoms with Gasteiger partial charge in [0.2, 0.25) is 5.91 Å². The maximum absolute atomic E-state index is 12.7. The van der Waals surface area contributed by atoms with E-state index in [0.717, 1.165) is 5.56 Å². The molecule has 0 saturated carbocycles. The molecule has 1 amide bonds. The molecule has 1 saturated heterocycles. The summed E-state index contributed by atoms with van der Waals surface area (Å²) in [6, 6.07) is 8.09. The number of aromatic nitrogens is 2. The molecule has 0 atom stereocenters. The Morgan fingerprint density at radius 1 is 1.18 bits per heavy atom. The van der Waals surface area contributed by atoms with Crippen LogP contribution in [-0.4, -0.2) is 64.9 Å². The standard InChI is InChI=1S/C19H26N4O3S2/c1-15(2)27-17-6-4-16(5-7-17)12-19(24)22-8-3-9-23(11-10-22)28(25,26)18-13-20-14-21-18/h4-7,13-15H,3,8-12H2,1-2H3,(H,20,21). The first-order valence-electron chi connectivity index (χ1n) is 9.38. The van der Waals surface area contributed by atoms with E-state index >= 15 is 0 Å². The largest absolute Gasteiger partial charge is 0.341 e. The number of benzene rings is 1. The molecule has 2 heterocycles. The number of aromatic amines is 1. The molecule has 1 aromatic heterocycles. The van der Waals surface area contributed by atoms with Crippen molar-refractivity contribution in [2.24, 2.45) is 0 Å². The van der Waals surface area contributed by atoms with E-state index in [9.17, 15) is 13.2 Å². The number of thioether (sulfide) groups is 1. The zero-order valence-electron chi connectivity index (χ0n) is 16.2.